The van der Waals surface area contributed by atoms with E-state index in [1.807, 2.05) is 0 Å². The van der Waals surface area contributed by atoms with E-state index in [1.54, 1.807) is 0 Å². The first kappa shape index (κ1) is 12.8. The molecular weight excluding hydrogens is 283 g/mol. The molecule has 1 aromatic carbocycles. The van der Waals surface area contributed by atoms with E-state index in [2.05, 4.69) is 15.9 Å². The minimum absolute atomic E-state index is 0.0326. The zero-order valence-corrected chi connectivity index (χ0v) is 9.95. The van der Waals surface area contributed by atoms with Crippen LogP contribution in [0.2, 0.25) is 0 Å². The number of hydrogen-bond acceptors (Lipinski definition) is 3. The third kappa shape index (κ3) is 2.44. The van der Waals surface area contributed by atoms with Gasteiger partial charge in [-0.05, 0) is 12.5 Å². The van der Waals surface area contributed by atoms with Crippen LogP contribution in [0.15, 0.2) is 10.5 Å². The molecule has 0 spiro atoms. The minimum Gasteiger partial charge on any atom is -0.504 e. The summed E-state index contributed by atoms with van der Waals surface area (Å²) in [5, 5.41) is 27.0. The van der Waals surface area contributed by atoms with Crippen molar-refractivity contribution < 1.29 is 24.5 Å². The van der Waals surface area contributed by atoms with Gasteiger partial charge in [0.1, 0.15) is 0 Å². The number of halogens is 2. The quantitative estimate of drug-likeness (QED) is 0.747. The number of rotatable bonds is 3. The maximum absolute atomic E-state index is 13.5. The number of carbonyl (C=O) groups is 1. The first-order chi connectivity index (χ1) is 7.34. The fourth-order valence-electron chi connectivity index (χ4n) is 1.22. The van der Waals surface area contributed by atoms with Crippen molar-refractivity contribution in [2.75, 3.05) is 0 Å². The van der Waals surface area contributed by atoms with E-state index in [9.17, 15) is 9.18 Å². The number of benzene rings is 1. The summed E-state index contributed by atoms with van der Waals surface area (Å²) in [5.74, 6) is -4.29. The van der Waals surface area contributed by atoms with Gasteiger partial charge in [0.25, 0.3) is 0 Å². The summed E-state index contributed by atoms with van der Waals surface area (Å²) >= 11 is 3.01. The summed E-state index contributed by atoms with van der Waals surface area (Å²) in [6.07, 6.45) is -0.0738. The Balaban J connectivity index is 3.14. The summed E-state index contributed by atoms with van der Waals surface area (Å²) in [6.45, 7) is 1.43. The topological polar surface area (TPSA) is 77.8 Å². The lowest BCUT2D eigenvalue weighted by molar-refractivity contribution is -0.141. The fraction of sp³-hybridized carbons (Fsp3) is 0.300. The number of hydrogen-bond donors (Lipinski definition) is 3. The van der Waals surface area contributed by atoms with Crippen LogP contribution in [0.1, 0.15) is 12.5 Å². The number of carboxylic acids is 1. The number of aromatic hydroxyl groups is 2. The lowest BCUT2D eigenvalue weighted by Gasteiger charge is -2.11. The number of phenolic OH excluding ortho intramolecular Hbond substituents is 2. The van der Waals surface area contributed by atoms with Crippen LogP contribution < -0.4 is 0 Å². The van der Waals surface area contributed by atoms with E-state index < -0.39 is 29.2 Å². The van der Waals surface area contributed by atoms with Crippen LogP contribution in [0.25, 0.3) is 0 Å². The Bertz CT molecular complexity index is 433. The van der Waals surface area contributed by atoms with E-state index in [0.29, 0.717) is 0 Å². The van der Waals surface area contributed by atoms with Crippen molar-refractivity contribution in [3.63, 3.8) is 0 Å². The fourth-order valence-corrected chi connectivity index (χ4v) is 1.77. The Morgan fingerprint density at radius 3 is 2.62 bits per heavy atom. The van der Waals surface area contributed by atoms with Gasteiger partial charge in [-0.25, -0.2) is 4.39 Å². The number of aliphatic carboxylic acids is 1. The van der Waals surface area contributed by atoms with Crippen molar-refractivity contribution in [1.82, 2.24) is 0 Å². The predicted octanol–water partition coefficient (Wildman–Crippen LogP) is 2.26. The second-order valence-electron chi connectivity index (χ2n) is 3.46. The predicted molar refractivity (Wildman–Crippen MR) is 57.9 cm³/mol. The summed E-state index contributed by atoms with van der Waals surface area (Å²) in [4.78, 5) is 10.6. The van der Waals surface area contributed by atoms with Gasteiger partial charge in [-0.1, -0.05) is 22.9 Å². The summed E-state index contributed by atoms with van der Waals surface area (Å²) in [7, 11) is 0. The molecule has 0 bridgehead atoms. The first-order valence-electron chi connectivity index (χ1n) is 4.46. The van der Waals surface area contributed by atoms with Gasteiger partial charge in [-0.3, -0.25) is 4.79 Å². The van der Waals surface area contributed by atoms with E-state index in [1.165, 1.54) is 6.92 Å². The molecule has 3 N–H and O–H groups in total. The van der Waals surface area contributed by atoms with Gasteiger partial charge in [-0.2, -0.15) is 0 Å². The minimum atomic E-state index is -1.06. The van der Waals surface area contributed by atoms with E-state index in [4.69, 9.17) is 15.3 Å². The molecular formula is C10H10BrFO4. The molecule has 0 aromatic heterocycles. The summed E-state index contributed by atoms with van der Waals surface area (Å²) in [6, 6.07) is 1.13. The largest absolute Gasteiger partial charge is 0.504 e. The van der Waals surface area contributed by atoms with Crippen LogP contribution in [-0.2, 0) is 11.2 Å². The third-order valence-corrected chi connectivity index (χ3v) is 2.91. The SMILES string of the molecule is CC(Cc1c(Br)cc(O)c(O)c1F)C(=O)O. The molecule has 0 amide bonds. The molecule has 1 aromatic rings. The lowest BCUT2D eigenvalue weighted by Crippen LogP contribution is -2.13. The normalized spacial score (nSPS) is 12.4. The van der Waals surface area contributed by atoms with Crippen LogP contribution in [0.4, 0.5) is 4.39 Å². The summed E-state index contributed by atoms with van der Waals surface area (Å²) in [5.41, 5.74) is 0.0326. The molecule has 4 nitrogen and oxygen atoms in total. The van der Waals surface area contributed by atoms with Gasteiger partial charge in [0.05, 0.1) is 5.92 Å². The van der Waals surface area contributed by atoms with Gasteiger partial charge in [0.2, 0.25) is 0 Å². The molecule has 0 saturated carbocycles. The number of carboxylic acid groups (broad SMARTS) is 1. The molecule has 1 rings (SSSR count). The van der Waals surface area contributed by atoms with Crippen LogP contribution in [-0.4, -0.2) is 21.3 Å². The van der Waals surface area contributed by atoms with Crippen LogP contribution in [0, 0.1) is 11.7 Å². The highest BCUT2D eigenvalue weighted by Crippen LogP contribution is 2.36. The molecule has 0 aliphatic carbocycles. The van der Waals surface area contributed by atoms with Crippen molar-refractivity contribution in [3.05, 3.63) is 21.9 Å². The van der Waals surface area contributed by atoms with Crippen molar-refractivity contribution in [2.45, 2.75) is 13.3 Å². The van der Waals surface area contributed by atoms with Crippen LogP contribution in [0.3, 0.4) is 0 Å². The molecule has 6 heteroatoms. The Morgan fingerprint density at radius 2 is 2.12 bits per heavy atom. The Kier molecular flexibility index (Phi) is 3.74. The Hall–Kier alpha value is -1.30. The lowest BCUT2D eigenvalue weighted by atomic mass is 10.0. The monoisotopic (exact) mass is 292 g/mol. The van der Waals surface area contributed by atoms with Gasteiger partial charge in [0, 0.05) is 10.0 Å². The molecule has 0 aliphatic heterocycles. The maximum atomic E-state index is 13.5. The first-order valence-corrected chi connectivity index (χ1v) is 5.25. The van der Waals surface area contributed by atoms with Gasteiger partial charge >= 0.3 is 5.97 Å². The third-order valence-electron chi connectivity index (χ3n) is 2.20. The highest BCUT2D eigenvalue weighted by atomic mass is 79.9. The standard InChI is InChI=1S/C10H10BrFO4/c1-4(10(15)16)2-5-6(11)3-7(13)9(14)8(5)12/h3-4,13-14H,2H2,1H3,(H,15,16). The molecule has 1 atom stereocenters. The summed E-state index contributed by atoms with van der Waals surface area (Å²) < 4.78 is 13.7. The van der Waals surface area contributed by atoms with E-state index in [-0.39, 0.29) is 16.5 Å². The van der Waals surface area contributed by atoms with Gasteiger partial charge in [0.15, 0.2) is 17.3 Å². The smallest absolute Gasteiger partial charge is 0.306 e. The molecule has 1 unspecified atom stereocenters. The van der Waals surface area contributed by atoms with Gasteiger partial charge in [-0.15, -0.1) is 0 Å². The Morgan fingerprint density at radius 1 is 1.56 bits per heavy atom. The van der Waals surface area contributed by atoms with Crippen molar-refractivity contribution in [1.29, 1.82) is 0 Å². The molecule has 88 valence electrons. The zero-order valence-electron chi connectivity index (χ0n) is 8.37. The average molecular weight is 293 g/mol. The van der Waals surface area contributed by atoms with Crippen molar-refractivity contribution in [3.8, 4) is 11.5 Å². The molecule has 0 fully saturated rings. The van der Waals surface area contributed by atoms with Crippen molar-refractivity contribution >= 4 is 21.9 Å². The second-order valence-corrected chi connectivity index (χ2v) is 4.32. The van der Waals surface area contributed by atoms with Crippen molar-refractivity contribution in [2.24, 2.45) is 5.92 Å². The highest BCUT2D eigenvalue weighted by Gasteiger charge is 2.20. The second kappa shape index (κ2) is 4.69. The zero-order chi connectivity index (χ0) is 12.5. The molecule has 16 heavy (non-hydrogen) atoms. The highest BCUT2D eigenvalue weighted by molar-refractivity contribution is 9.10. The van der Waals surface area contributed by atoms with E-state index in [0.717, 1.165) is 6.07 Å². The maximum Gasteiger partial charge on any atom is 0.306 e. The molecule has 0 aliphatic rings. The molecule has 0 saturated heterocycles. The average Bonchev–Trinajstić information content (AvgIpc) is 2.20. The van der Waals surface area contributed by atoms with Crippen LogP contribution >= 0.6 is 15.9 Å². The molecule has 0 radical (unpaired) electrons. The number of phenols is 2. The Labute approximate surface area is 99.5 Å². The van der Waals surface area contributed by atoms with E-state index >= 15 is 0 Å². The van der Waals surface area contributed by atoms with Crippen LogP contribution in [0.5, 0.6) is 11.5 Å². The molecule has 0 heterocycles. The van der Waals surface area contributed by atoms with Gasteiger partial charge < -0.3 is 15.3 Å².